The maximum absolute atomic E-state index is 10.5. The number of ether oxygens (including phenoxy) is 1. The number of hydrogen-bond donors (Lipinski definition) is 1. The Morgan fingerprint density at radius 3 is 2.60 bits per heavy atom. The normalized spacial score (nSPS) is 10.1. The Morgan fingerprint density at radius 2 is 1.95 bits per heavy atom. The molecular weight excluding hydrogens is 256 g/mol. The first-order valence-electron chi connectivity index (χ1n) is 6.33. The van der Waals surface area contributed by atoms with E-state index in [1.54, 1.807) is 12.1 Å². The summed E-state index contributed by atoms with van der Waals surface area (Å²) in [6.07, 6.45) is 0. The van der Waals surface area contributed by atoms with E-state index in [-0.39, 0.29) is 5.69 Å². The highest BCUT2D eigenvalue weighted by Crippen LogP contribution is 2.15. The molecule has 0 amide bonds. The molecule has 1 N–H and O–H groups in total. The molecular formula is C15H16N2O3. The van der Waals surface area contributed by atoms with E-state index in [0.717, 1.165) is 17.0 Å². The average Bonchev–Trinajstić information content (AvgIpc) is 2.44. The summed E-state index contributed by atoms with van der Waals surface area (Å²) >= 11 is 0. The summed E-state index contributed by atoms with van der Waals surface area (Å²) in [4.78, 5) is 10.1. The van der Waals surface area contributed by atoms with E-state index in [1.165, 1.54) is 12.1 Å². The van der Waals surface area contributed by atoms with Crippen LogP contribution in [-0.4, -0.2) is 18.1 Å². The molecule has 104 valence electrons. The van der Waals surface area contributed by atoms with E-state index >= 15 is 0 Å². The van der Waals surface area contributed by atoms with Crippen LogP contribution in [0.5, 0.6) is 5.75 Å². The zero-order valence-electron chi connectivity index (χ0n) is 11.2. The second-order valence-corrected chi connectivity index (χ2v) is 4.40. The van der Waals surface area contributed by atoms with E-state index < -0.39 is 4.92 Å². The maximum Gasteiger partial charge on any atom is 0.269 e. The SMILES string of the molecule is Cc1cccc(OCCNc2ccc([N+](=O)[O-])cc2)c1. The molecule has 0 fully saturated rings. The average molecular weight is 272 g/mol. The number of nitrogens with zero attached hydrogens (tertiary/aromatic N) is 1. The van der Waals surface area contributed by atoms with Gasteiger partial charge in [-0.2, -0.15) is 0 Å². The number of anilines is 1. The van der Waals surface area contributed by atoms with E-state index in [4.69, 9.17) is 4.74 Å². The largest absolute Gasteiger partial charge is 0.492 e. The fourth-order valence-corrected chi connectivity index (χ4v) is 1.77. The minimum Gasteiger partial charge on any atom is -0.492 e. The minimum absolute atomic E-state index is 0.0894. The molecule has 2 rings (SSSR count). The van der Waals surface area contributed by atoms with Crippen molar-refractivity contribution in [3.63, 3.8) is 0 Å². The van der Waals surface area contributed by atoms with Gasteiger partial charge in [-0.25, -0.2) is 0 Å². The van der Waals surface area contributed by atoms with Crippen molar-refractivity contribution in [3.8, 4) is 5.75 Å². The van der Waals surface area contributed by atoms with Crippen molar-refractivity contribution in [1.29, 1.82) is 0 Å². The summed E-state index contributed by atoms with van der Waals surface area (Å²) < 4.78 is 5.60. The monoisotopic (exact) mass is 272 g/mol. The second kappa shape index (κ2) is 6.56. The van der Waals surface area contributed by atoms with Crippen LogP contribution in [0.4, 0.5) is 11.4 Å². The molecule has 0 aromatic heterocycles. The van der Waals surface area contributed by atoms with Crippen LogP contribution in [0.2, 0.25) is 0 Å². The van der Waals surface area contributed by atoms with Crippen LogP contribution in [0, 0.1) is 17.0 Å². The molecule has 0 aliphatic carbocycles. The number of non-ortho nitro benzene ring substituents is 1. The summed E-state index contributed by atoms with van der Waals surface area (Å²) in [6.45, 7) is 3.17. The number of nitro groups is 1. The first kappa shape index (κ1) is 13.9. The molecule has 20 heavy (non-hydrogen) atoms. The van der Waals surface area contributed by atoms with Crippen molar-refractivity contribution >= 4 is 11.4 Å². The van der Waals surface area contributed by atoms with Crippen LogP contribution >= 0.6 is 0 Å². The van der Waals surface area contributed by atoms with Crippen LogP contribution in [0.15, 0.2) is 48.5 Å². The van der Waals surface area contributed by atoms with E-state index in [2.05, 4.69) is 5.32 Å². The van der Waals surface area contributed by atoms with Gasteiger partial charge in [0, 0.05) is 24.4 Å². The number of rotatable bonds is 6. The summed E-state index contributed by atoms with van der Waals surface area (Å²) in [7, 11) is 0. The quantitative estimate of drug-likeness (QED) is 0.497. The number of nitro benzene ring substituents is 1. The summed E-state index contributed by atoms with van der Waals surface area (Å²) in [5, 5.41) is 13.7. The van der Waals surface area contributed by atoms with Gasteiger partial charge in [-0.15, -0.1) is 0 Å². The highest BCUT2D eigenvalue weighted by Gasteiger charge is 2.03. The van der Waals surface area contributed by atoms with Crippen LogP contribution in [0.25, 0.3) is 0 Å². The zero-order valence-corrected chi connectivity index (χ0v) is 11.2. The van der Waals surface area contributed by atoms with Crippen LogP contribution in [0.3, 0.4) is 0 Å². The van der Waals surface area contributed by atoms with Gasteiger partial charge in [0.15, 0.2) is 0 Å². The number of nitrogens with one attached hydrogen (secondary N) is 1. The van der Waals surface area contributed by atoms with Gasteiger partial charge in [-0.3, -0.25) is 10.1 Å². The van der Waals surface area contributed by atoms with Gasteiger partial charge in [0.25, 0.3) is 5.69 Å². The van der Waals surface area contributed by atoms with Crippen molar-refractivity contribution < 1.29 is 9.66 Å². The number of benzene rings is 2. The molecule has 0 saturated carbocycles. The van der Waals surface area contributed by atoms with Crippen LogP contribution < -0.4 is 10.1 Å². The highest BCUT2D eigenvalue weighted by molar-refractivity contribution is 5.48. The molecule has 0 spiro atoms. The lowest BCUT2D eigenvalue weighted by Crippen LogP contribution is -2.11. The highest BCUT2D eigenvalue weighted by atomic mass is 16.6. The third-order valence-electron chi connectivity index (χ3n) is 2.77. The molecule has 0 unspecified atom stereocenters. The fraction of sp³-hybridized carbons (Fsp3) is 0.200. The number of hydrogen-bond acceptors (Lipinski definition) is 4. The Balaban J connectivity index is 1.77. The minimum atomic E-state index is -0.412. The number of aryl methyl sites for hydroxylation is 1. The van der Waals surface area contributed by atoms with Gasteiger partial charge in [0.05, 0.1) is 4.92 Å². The molecule has 0 saturated heterocycles. The molecule has 2 aromatic rings. The Hall–Kier alpha value is -2.56. The van der Waals surface area contributed by atoms with Crippen LogP contribution in [-0.2, 0) is 0 Å². The predicted molar refractivity (Wildman–Crippen MR) is 78.3 cm³/mol. The molecule has 5 heteroatoms. The third kappa shape index (κ3) is 3.98. The van der Waals surface area contributed by atoms with Gasteiger partial charge >= 0.3 is 0 Å². The maximum atomic E-state index is 10.5. The molecule has 0 bridgehead atoms. The Bertz CT molecular complexity index is 582. The fourth-order valence-electron chi connectivity index (χ4n) is 1.77. The van der Waals surface area contributed by atoms with Crippen molar-refractivity contribution in [2.45, 2.75) is 6.92 Å². The lowest BCUT2D eigenvalue weighted by atomic mass is 10.2. The van der Waals surface area contributed by atoms with E-state index in [0.29, 0.717) is 13.2 Å². The Kier molecular flexibility index (Phi) is 4.55. The van der Waals surface area contributed by atoms with Crippen molar-refractivity contribution in [3.05, 3.63) is 64.2 Å². The summed E-state index contributed by atoms with van der Waals surface area (Å²) in [5.74, 6) is 0.843. The second-order valence-electron chi connectivity index (χ2n) is 4.40. The van der Waals surface area contributed by atoms with E-state index in [1.807, 2.05) is 31.2 Å². The first-order chi connectivity index (χ1) is 9.65. The standard InChI is InChI=1S/C15H16N2O3/c1-12-3-2-4-15(11-12)20-10-9-16-13-5-7-14(8-6-13)17(18)19/h2-8,11,16H,9-10H2,1H3. The molecule has 0 aliphatic heterocycles. The topological polar surface area (TPSA) is 64.4 Å². The van der Waals surface area contributed by atoms with Gasteiger partial charge in [-0.1, -0.05) is 12.1 Å². The molecule has 0 radical (unpaired) electrons. The lowest BCUT2D eigenvalue weighted by molar-refractivity contribution is -0.384. The van der Waals surface area contributed by atoms with Gasteiger partial charge < -0.3 is 10.1 Å². The molecule has 0 atom stereocenters. The predicted octanol–water partition coefficient (Wildman–Crippen LogP) is 3.39. The van der Waals surface area contributed by atoms with Gasteiger partial charge in [-0.05, 0) is 36.8 Å². The van der Waals surface area contributed by atoms with Crippen molar-refractivity contribution in [2.24, 2.45) is 0 Å². The smallest absolute Gasteiger partial charge is 0.269 e. The summed E-state index contributed by atoms with van der Waals surface area (Å²) in [6, 6.07) is 14.2. The van der Waals surface area contributed by atoms with Crippen LogP contribution in [0.1, 0.15) is 5.56 Å². The van der Waals surface area contributed by atoms with Gasteiger partial charge in [0.2, 0.25) is 0 Å². The molecule has 0 heterocycles. The van der Waals surface area contributed by atoms with Crippen molar-refractivity contribution in [1.82, 2.24) is 0 Å². The lowest BCUT2D eigenvalue weighted by Gasteiger charge is -2.09. The van der Waals surface area contributed by atoms with Crippen molar-refractivity contribution in [2.75, 3.05) is 18.5 Å². The zero-order chi connectivity index (χ0) is 14.4. The molecule has 0 aliphatic rings. The molecule has 2 aromatic carbocycles. The van der Waals surface area contributed by atoms with Gasteiger partial charge in [0.1, 0.15) is 12.4 Å². The summed E-state index contributed by atoms with van der Waals surface area (Å²) in [5.41, 5.74) is 2.08. The first-order valence-corrected chi connectivity index (χ1v) is 6.33. The third-order valence-corrected chi connectivity index (χ3v) is 2.77. The Morgan fingerprint density at radius 1 is 1.20 bits per heavy atom. The Labute approximate surface area is 117 Å². The molecule has 5 nitrogen and oxygen atoms in total. The van der Waals surface area contributed by atoms with E-state index in [9.17, 15) is 10.1 Å².